The van der Waals surface area contributed by atoms with Gasteiger partial charge in [0.25, 0.3) is 0 Å². The Morgan fingerprint density at radius 3 is 2.59 bits per heavy atom. The first kappa shape index (κ1) is 12.7. The first-order chi connectivity index (χ1) is 8.33. The Kier molecular flexibility index (Phi) is 4.72. The molecule has 1 fully saturated rings. The molecule has 17 heavy (non-hydrogen) atoms. The van der Waals surface area contributed by atoms with Crippen LogP contribution in [-0.2, 0) is 5.33 Å². The number of alkyl halides is 1. The van der Waals surface area contributed by atoms with E-state index in [0.717, 1.165) is 16.8 Å². The molecule has 1 aromatic rings. The molecular formula is C14H19BrO2. The molecule has 0 aromatic heterocycles. The summed E-state index contributed by atoms with van der Waals surface area (Å²) in [7, 11) is 1.69. The van der Waals surface area contributed by atoms with Crippen molar-refractivity contribution in [2.45, 2.75) is 43.5 Å². The predicted octanol–water partition coefficient (Wildman–Crippen LogP) is 4.30. The van der Waals surface area contributed by atoms with Crippen molar-refractivity contribution in [3.05, 3.63) is 23.8 Å². The maximum atomic E-state index is 6.07. The van der Waals surface area contributed by atoms with Gasteiger partial charge in [0.05, 0.1) is 13.2 Å². The summed E-state index contributed by atoms with van der Waals surface area (Å²) in [5, 5.41) is 0.845. The summed E-state index contributed by atoms with van der Waals surface area (Å²) in [4.78, 5) is 0. The summed E-state index contributed by atoms with van der Waals surface area (Å²) in [6.45, 7) is 0. The van der Waals surface area contributed by atoms with E-state index in [9.17, 15) is 0 Å². The quantitative estimate of drug-likeness (QED) is 0.772. The van der Waals surface area contributed by atoms with E-state index in [1.165, 1.54) is 37.7 Å². The number of rotatable bonds is 4. The monoisotopic (exact) mass is 298 g/mol. The van der Waals surface area contributed by atoms with Crippen molar-refractivity contribution in [2.24, 2.45) is 0 Å². The molecule has 94 valence electrons. The highest BCUT2D eigenvalue weighted by Gasteiger charge is 2.17. The maximum Gasteiger partial charge on any atom is 0.161 e. The molecule has 0 aliphatic heterocycles. The maximum absolute atomic E-state index is 6.07. The molecule has 0 heterocycles. The molecule has 2 rings (SSSR count). The van der Waals surface area contributed by atoms with E-state index in [0.29, 0.717) is 6.10 Å². The van der Waals surface area contributed by atoms with Crippen LogP contribution in [0.3, 0.4) is 0 Å². The highest BCUT2D eigenvalue weighted by molar-refractivity contribution is 9.08. The fourth-order valence-corrected chi connectivity index (χ4v) is 2.61. The van der Waals surface area contributed by atoms with Crippen molar-refractivity contribution in [3.8, 4) is 11.5 Å². The zero-order valence-electron chi connectivity index (χ0n) is 10.2. The molecule has 1 aromatic carbocycles. The lowest BCUT2D eigenvalue weighted by molar-refractivity contribution is 0.149. The van der Waals surface area contributed by atoms with Crippen molar-refractivity contribution in [3.63, 3.8) is 0 Å². The Balaban J connectivity index is 2.11. The molecule has 0 bridgehead atoms. The molecule has 0 saturated heterocycles. The molecule has 1 saturated carbocycles. The fourth-order valence-electron chi connectivity index (χ4n) is 2.26. The number of hydrogen-bond acceptors (Lipinski definition) is 2. The summed E-state index contributed by atoms with van der Waals surface area (Å²) in [6.07, 6.45) is 6.61. The minimum absolute atomic E-state index is 0.364. The molecule has 0 radical (unpaired) electrons. The topological polar surface area (TPSA) is 18.5 Å². The second-order valence-electron chi connectivity index (χ2n) is 4.50. The predicted molar refractivity (Wildman–Crippen MR) is 73.1 cm³/mol. The number of ether oxygens (including phenoxy) is 2. The molecular weight excluding hydrogens is 280 g/mol. The van der Waals surface area contributed by atoms with Crippen LogP contribution in [-0.4, -0.2) is 13.2 Å². The normalized spacial score (nSPS) is 16.8. The molecule has 0 atom stereocenters. The van der Waals surface area contributed by atoms with Crippen molar-refractivity contribution in [2.75, 3.05) is 7.11 Å². The Morgan fingerprint density at radius 1 is 1.18 bits per heavy atom. The lowest BCUT2D eigenvalue weighted by Gasteiger charge is -2.24. The van der Waals surface area contributed by atoms with Crippen LogP contribution >= 0.6 is 15.9 Å². The van der Waals surface area contributed by atoms with Crippen LogP contribution in [0.25, 0.3) is 0 Å². The van der Waals surface area contributed by atoms with E-state index in [2.05, 4.69) is 28.1 Å². The lowest BCUT2D eigenvalue weighted by atomic mass is 9.98. The van der Waals surface area contributed by atoms with E-state index in [1.807, 2.05) is 6.07 Å². The van der Waals surface area contributed by atoms with Gasteiger partial charge < -0.3 is 9.47 Å². The number of hydrogen-bond donors (Lipinski definition) is 0. The molecule has 1 aliphatic rings. The molecule has 0 N–H and O–H groups in total. The van der Waals surface area contributed by atoms with Crippen molar-refractivity contribution in [1.29, 1.82) is 0 Å². The van der Waals surface area contributed by atoms with Crippen LogP contribution in [0.2, 0.25) is 0 Å². The zero-order valence-corrected chi connectivity index (χ0v) is 11.8. The van der Waals surface area contributed by atoms with Crippen molar-refractivity contribution in [1.82, 2.24) is 0 Å². The third kappa shape index (κ3) is 3.38. The summed E-state index contributed by atoms with van der Waals surface area (Å²) >= 11 is 3.47. The van der Waals surface area contributed by atoms with Gasteiger partial charge in [0.2, 0.25) is 0 Å². The Labute approximate surface area is 111 Å². The van der Waals surface area contributed by atoms with Gasteiger partial charge in [0, 0.05) is 5.33 Å². The Morgan fingerprint density at radius 2 is 1.94 bits per heavy atom. The second-order valence-corrected chi connectivity index (χ2v) is 5.06. The summed E-state index contributed by atoms with van der Waals surface area (Å²) in [5.74, 6) is 1.72. The highest BCUT2D eigenvalue weighted by atomic mass is 79.9. The van der Waals surface area contributed by atoms with Crippen LogP contribution < -0.4 is 9.47 Å². The molecule has 0 amide bonds. The van der Waals surface area contributed by atoms with Gasteiger partial charge in [0.15, 0.2) is 11.5 Å². The van der Waals surface area contributed by atoms with Crippen LogP contribution in [0.15, 0.2) is 18.2 Å². The van der Waals surface area contributed by atoms with Crippen molar-refractivity contribution >= 4 is 15.9 Å². The third-order valence-corrected chi connectivity index (χ3v) is 3.88. The number of methoxy groups -OCH3 is 1. The molecule has 0 spiro atoms. The molecule has 1 aliphatic carbocycles. The molecule has 3 heteroatoms. The van der Waals surface area contributed by atoms with Gasteiger partial charge in [-0.15, -0.1) is 0 Å². The largest absolute Gasteiger partial charge is 0.493 e. The molecule has 2 nitrogen and oxygen atoms in total. The van der Waals surface area contributed by atoms with Crippen molar-refractivity contribution < 1.29 is 9.47 Å². The minimum atomic E-state index is 0.364. The van der Waals surface area contributed by atoms with Crippen LogP contribution in [0.4, 0.5) is 0 Å². The Hall–Kier alpha value is -0.700. The number of benzene rings is 1. The van der Waals surface area contributed by atoms with E-state index < -0.39 is 0 Å². The highest BCUT2D eigenvalue weighted by Crippen LogP contribution is 2.32. The standard InChI is InChI=1S/C14H19BrO2/c1-16-13-8-7-11(10-15)9-14(13)17-12-5-3-2-4-6-12/h7-9,12H,2-6,10H2,1H3. The molecule has 0 unspecified atom stereocenters. The van der Waals surface area contributed by atoms with Gasteiger partial charge in [-0.2, -0.15) is 0 Å². The lowest BCUT2D eigenvalue weighted by Crippen LogP contribution is -2.19. The van der Waals surface area contributed by atoms with E-state index in [1.54, 1.807) is 7.11 Å². The first-order valence-electron chi connectivity index (χ1n) is 6.23. The van der Waals surface area contributed by atoms with E-state index >= 15 is 0 Å². The summed E-state index contributed by atoms with van der Waals surface area (Å²) < 4.78 is 11.4. The third-order valence-electron chi connectivity index (χ3n) is 3.23. The average molecular weight is 299 g/mol. The average Bonchev–Trinajstić information content (AvgIpc) is 2.40. The van der Waals surface area contributed by atoms with E-state index in [4.69, 9.17) is 9.47 Å². The van der Waals surface area contributed by atoms with Gasteiger partial charge in [-0.05, 0) is 43.4 Å². The second kappa shape index (κ2) is 6.29. The zero-order chi connectivity index (χ0) is 12.1. The van der Waals surface area contributed by atoms with Gasteiger partial charge in [-0.25, -0.2) is 0 Å². The minimum Gasteiger partial charge on any atom is -0.493 e. The Bertz CT molecular complexity index is 359. The van der Waals surface area contributed by atoms with Gasteiger partial charge in [-0.3, -0.25) is 0 Å². The SMILES string of the molecule is COc1ccc(CBr)cc1OC1CCCCC1. The van der Waals surface area contributed by atoms with Crippen LogP contribution in [0, 0.1) is 0 Å². The fraction of sp³-hybridized carbons (Fsp3) is 0.571. The summed E-state index contributed by atoms with van der Waals surface area (Å²) in [5.41, 5.74) is 1.22. The van der Waals surface area contributed by atoms with E-state index in [-0.39, 0.29) is 0 Å². The number of halogens is 1. The van der Waals surface area contributed by atoms with Crippen LogP contribution in [0.1, 0.15) is 37.7 Å². The van der Waals surface area contributed by atoms with Gasteiger partial charge in [-0.1, -0.05) is 28.4 Å². The van der Waals surface area contributed by atoms with Gasteiger partial charge >= 0.3 is 0 Å². The first-order valence-corrected chi connectivity index (χ1v) is 7.35. The summed E-state index contributed by atoms with van der Waals surface area (Å²) in [6, 6.07) is 6.11. The van der Waals surface area contributed by atoms with Gasteiger partial charge in [0.1, 0.15) is 0 Å². The smallest absolute Gasteiger partial charge is 0.161 e. The van der Waals surface area contributed by atoms with Crippen LogP contribution in [0.5, 0.6) is 11.5 Å².